The predicted octanol–water partition coefficient (Wildman–Crippen LogP) is 0.213. The van der Waals surface area contributed by atoms with Gasteiger partial charge in [-0.05, 0) is 11.6 Å². The minimum absolute atomic E-state index is 0.187. The Morgan fingerprint density at radius 2 is 1.93 bits per heavy atom. The number of aliphatic hydroxyl groups excluding tert-OH is 2. The lowest BCUT2D eigenvalue weighted by Crippen LogP contribution is -2.14. The van der Waals surface area contributed by atoms with Crippen LogP contribution in [0.2, 0.25) is 0 Å². The third-order valence-electron chi connectivity index (χ3n) is 2.88. The quantitative estimate of drug-likeness (QED) is 0.643. The van der Waals surface area contributed by atoms with Gasteiger partial charge in [0.15, 0.2) is 6.29 Å². The summed E-state index contributed by atoms with van der Waals surface area (Å²) in [6.45, 7) is 4.81. The number of aliphatic hydroxyl groups is 2. The van der Waals surface area contributed by atoms with Crippen molar-refractivity contribution in [1.29, 1.82) is 0 Å². The molecule has 0 radical (unpaired) electrons. The first-order chi connectivity index (χ1) is 7.22. The van der Waals surface area contributed by atoms with Gasteiger partial charge in [0.05, 0.1) is 25.4 Å². The van der Waals surface area contributed by atoms with E-state index < -0.39 is 12.2 Å². The van der Waals surface area contributed by atoms with Crippen molar-refractivity contribution in [2.75, 3.05) is 13.2 Å². The monoisotopic (exact) mass is 212 g/mol. The molecule has 1 saturated heterocycles. The van der Waals surface area contributed by atoms with Crippen LogP contribution in [0.5, 0.6) is 0 Å². The van der Waals surface area contributed by atoms with Gasteiger partial charge in [-0.25, -0.2) is 0 Å². The average molecular weight is 212 g/mol. The molecule has 4 heteroatoms. The minimum atomic E-state index is -0.615. The van der Waals surface area contributed by atoms with Gasteiger partial charge in [-0.3, -0.25) is 0 Å². The zero-order valence-corrected chi connectivity index (χ0v) is 8.50. The Morgan fingerprint density at radius 3 is 2.53 bits per heavy atom. The molecule has 0 aromatic heterocycles. The second-order valence-corrected chi connectivity index (χ2v) is 3.86. The lowest BCUT2D eigenvalue weighted by molar-refractivity contribution is -0.00320. The van der Waals surface area contributed by atoms with Crippen LogP contribution in [0.1, 0.15) is 6.42 Å². The zero-order chi connectivity index (χ0) is 10.8. The topological polar surface area (TPSA) is 58.9 Å². The van der Waals surface area contributed by atoms with Crippen LogP contribution in [0, 0.1) is 5.92 Å². The minimum Gasteiger partial charge on any atom is -0.392 e. The van der Waals surface area contributed by atoms with Crippen molar-refractivity contribution in [1.82, 2.24) is 0 Å². The molecule has 3 atom stereocenters. The van der Waals surface area contributed by atoms with Gasteiger partial charge < -0.3 is 19.7 Å². The fraction of sp³-hybridized carbons (Fsp3) is 0.636. The van der Waals surface area contributed by atoms with E-state index in [1.807, 2.05) is 0 Å². The molecule has 0 amide bonds. The zero-order valence-electron chi connectivity index (χ0n) is 8.50. The van der Waals surface area contributed by atoms with E-state index in [0.29, 0.717) is 19.6 Å². The predicted molar refractivity (Wildman–Crippen MR) is 54.1 cm³/mol. The summed E-state index contributed by atoms with van der Waals surface area (Å²) in [6, 6.07) is 0. The van der Waals surface area contributed by atoms with Gasteiger partial charge in [0.1, 0.15) is 0 Å². The Labute approximate surface area is 88.8 Å². The van der Waals surface area contributed by atoms with Crippen molar-refractivity contribution in [3.05, 3.63) is 24.3 Å². The fourth-order valence-electron chi connectivity index (χ4n) is 2.10. The summed E-state index contributed by atoms with van der Waals surface area (Å²) in [5.74, 6) is -0.187. The molecule has 1 aliphatic heterocycles. The molecule has 2 N–H and O–H groups in total. The maximum Gasteiger partial charge on any atom is 0.177 e. The van der Waals surface area contributed by atoms with Gasteiger partial charge in [-0.1, -0.05) is 6.08 Å². The van der Waals surface area contributed by atoms with Gasteiger partial charge >= 0.3 is 0 Å². The molecule has 4 nitrogen and oxygen atoms in total. The highest BCUT2D eigenvalue weighted by atomic mass is 16.7. The second-order valence-electron chi connectivity index (χ2n) is 3.86. The molecule has 84 valence electrons. The van der Waals surface area contributed by atoms with E-state index in [-0.39, 0.29) is 12.2 Å². The normalized spacial score (nSPS) is 40.1. The van der Waals surface area contributed by atoms with Crippen LogP contribution < -0.4 is 0 Å². The van der Waals surface area contributed by atoms with Gasteiger partial charge in [0.2, 0.25) is 0 Å². The summed E-state index contributed by atoms with van der Waals surface area (Å²) < 4.78 is 10.5. The van der Waals surface area contributed by atoms with Crippen molar-refractivity contribution in [2.24, 2.45) is 5.92 Å². The van der Waals surface area contributed by atoms with E-state index in [1.54, 1.807) is 12.2 Å². The summed E-state index contributed by atoms with van der Waals surface area (Å²) in [5.41, 5.74) is 0.754. The molecule has 2 fully saturated rings. The summed E-state index contributed by atoms with van der Waals surface area (Å²) in [5, 5.41) is 19.4. The summed E-state index contributed by atoms with van der Waals surface area (Å²) in [4.78, 5) is 0. The van der Waals surface area contributed by atoms with Crippen molar-refractivity contribution in [3.63, 3.8) is 0 Å². The summed E-state index contributed by atoms with van der Waals surface area (Å²) in [7, 11) is 0. The number of rotatable bonds is 2. The number of ether oxygens (including phenoxy) is 2. The molecular weight excluding hydrogens is 196 g/mol. The first-order valence-corrected chi connectivity index (χ1v) is 5.16. The van der Waals surface area contributed by atoms with Crippen molar-refractivity contribution in [2.45, 2.75) is 24.9 Å². The molecule has 0 aromatic rings. The van der Waals surface area contributed by atoms with Crippen molar-refractivity contribution >= 4 is 0 Å². The van der Waals surface area contributed by atoms with Crippen LogP contribution in [-0.2, 0) is 9.47 Å². The van der Waals surface area contributed by atoms with Crippen LogP contribution in [0.4, 0.5) is 0 Å². The molecule has 2 aliphatic rings. The highest BCUT2D eigenvalue weighted by molar-refractivity contribution is 5.25. The fourth-order valence-corrected chi connectivity index (χ4v) is 2.10. The van der Waals surface area contributed by atoms with E-state index >= 15 is 0 Å². The number of hydrogen-bond donors (Lipinski definition) is 2. The Hall–Kier alpha value is -0.680. The molecule has 1 aliphatic carbocycles. The van der Waals surface area contributed by atoms with E-state index in [9.17, 15) is 10.2 Å². The molecule has 0 spiro atoms. The second kappa shape index (κ2) is 4.45. The van der Waals surface area contributed by atoms with Crippen LogP contribution in [0.15, 0.2) is 24.3 Å². The average Bonchev–Trinajstić information content (AvgIpc) is 2.77. The highest BCUT2D eigenvalue weighted by Gasteiger charge is 2.35. The molecule has 1 heterocycles. The Balaban J connectivity index is 2.13. The summed E-state index contributed by atoms with van der Waals surface area (Å²) in [6.07, 6.45) is 2.21. The Bertz CT molecular complexity index is 268. The highest BCUT2D eigenvalue weighted by Crippen LogP contribution is 2.33. The van der Waals surface area contributed by atoms with Gasteiger partial charge in [0.25, 0.3) is 0 Å². The van der Waals surface area contributed by atoms with Crippen molar-refractivity contribution in [3.8, 4) is 0 Å². The van der Waals surface area contributed by atoms with Crippen LogP contribution in [0.25, 0.3) is 0 Å². The van der Waals surface area contributed by atoms with E-state index in [4.69, 9.17) is 9.47 Å². The summed E-state index contributed by atoms with van der Waals surface area (Å²) >= 11 is 0. The molecule has 0 aromatic carbocycles. The maximum atomic E-state index is 9.73. The molecule has 0 bridgehead atoms. The molecule has 2 rings (SSSR count). The first kappa shape index (κ1) is 10.8. The molecular formula is C11H16O4. The smallest absolute Gasteiger partial charge is 0.177 e. The van der Waals surface area contributed by atoms with Gasteiger partial charge in [-0.2, -0.15) is 0 Å². The molecule has 1 saturated carbocycles. The number of hydrogen-bond acceptors (Lipinski definition) is 4. The van der Waals surface area contributed by atoms with Gasteiger partial charge in [-0.15, -0.1) is 6.58 Å². The van der Waals surface area contributed by atoms with Crippen molar-refractivity contribution < 1.29 is 19.7 Å². The third-order valence-corrected chi connectivity index (χ3v) is 2.88. The maximum absolute atomic E-state index is 9.73. The van der Waals surface area contributed by atoms with E-state index in [0.717, 1.165) is 5.57 Å². The van der Waals surface area contributed by atoms with Gasteiger partial charge in [0, 0.05) is 12.3 Å². The Kier molecular flexibility index (Phi) is 3.21. The first-order valence-electron chi connectivity index (χ1n) is 5.16. The van der Waals surface area contributed by atoms with E-state index in [1.165, 1.54) is 0 Å². The largest absolute Gasteiger partial charge is 0.392 e. The van der Waals surface area contributed by atoms with Crippen LogP contribution in [-0.4, -0.2) is 41.9 Å². The van der Waals surface area contributed by atoms with Crippen LogP contribution >= 0.6 is 0 Å². The standard InChI is InChI=1S/C11H16O4/c1-2-7-8(10(13)6-9(7)12)5-11-14-3-4-15-11/h2,5,7,9-13H,1,3-4,6H2/b8-5+/t7-,9-,10+/m1/s1. The van der Waals surface area contributed by atoms with Crippen LogP contribution in [0.3, 0.4) is 0 Å². The third kappa shape index (κ3) is 2.13. The lowest BCUT2D eigenvalue weighted by Gasteiger charge is -2.13. The Morgan fingerprint density at radius 1 is 1.27 bits per heavy atom. The molecule has 15 heavy (non-hydrogen) atoms. The lowest BCUT2D eigenvalue weighted by atomic mass is 10.0. The van der Waals surface area contributed by atoms with E-state index in [2.05, 4.69) is 6.58 Å². The SMILES string of the molecule is C=C[C@@H]1/C(=C\C2OCCO2)[C@@H](O)C[C@H]1O. The molecule has 0 unspecified atom stereocenters.